The van der Waals surface area contributed by atoms with E-state index in [9.17, 15) is 9.90 Å². The average Bonchev–Trinajstić information content (AvgIpc) is 2.91. The lowest BCUT2D eigenvalue weighted by Crippen LogP contribution is -2.19. The summed E-state index contributed by atoms with van der Waals surface area (Å²) >= 11 is 1.48. The smallest absolute Gasteiger partial charge is 0.307 e. The van der Waals surface area contributed by atoms with Crippen molar-refractivity contribution >= 4 is 17.3 Å². The molecule has 1 heterocycles. The van der Waals surface area contributed by atoms with Gasteiger partial charge < -0.3 is 9.84 Å². The Kier molecular flexibility index (Phi) is 4.52. The number of carbonyl (C=O) groups is 1. The van der Waals surface area contributed by atoms with Crippen molar-refractivity contribution in [3.8, 4) is 5.75 Å². The molecule has 0 saturated carbocycles. The second-order valence-electron chi connectivity index (χ2n) is 4.24. The number of carboxylic acids is 1. The molecule has 19 heavy (non-hydrogen) atoms. The van der Waals surface area contributed by atoms with E-state index in [-0.39, 0.29) is 0 Å². The Morgan fingerprint density at radius 2 is 2.21 bits per heavy atom. The number of nitrogens with zero attached hydrogens (tertiary/aromatic N) is 1. The molecule has 2 rings (SSSR count). The second-order valence-corrected chi connectivity index (χ2v) is 4.95. The van der Waals surface area contributed by atoms with E-state index in [1.54, 1.807) is 12.6 Å². The van der Waals surface area contributed by atoms with Crippen LogP contribution in [0.25, 0.3) is 0 Å². The summed E-state index contributed by atoms with van der Waals surface area (Å²) in [6, 6.07) is 7.51. The van der Waals surface area contributed by atoms with Crippen LogP contribution in [-0.2, 0) is 17.6 Å². The van der Waals surface area contributed by atoms with Gasteiger partial charge in [-0.3, -0.25) is 4.79 Å². The van der Waals surface area contributed by atoms with Gasteiger partial charge in [-0.15, -0.1) is 11.3 Å². The van der Waals surface area contributed by atoms with Gasteiger partial charge in [0.25, 0.3) is 0 Å². The third-order valence-electron chi connectivity index (χ3n) is 2.95. The molecule has 0 bridgehead atoms. The third-order valence-corrected chi connectivity index (χ3v) is 3.58. The van der Waals surface area contributed by atoms with Crippen molar-refractivity contribution < 1.29 is 14.6 Å². The number of hydrogen-bond donors (Lipinski definition) is 1. The monoisotopic (exact) mass is 277 g/mol. The summed E-state index contributed by atoms with van der Waals surface area (Å²) in [4.78, 5) is 15.5. The number of hydrogen-bond acceptors (Lipinski definition) is 4. The predicted molar refractivity (Wildman–Crippen MR) is 73.6 cm³/mol. The Bertz CT molecular complexity index is 539. The van der Waals surface area contributed by atoms with Gasteiger partial charge in [-0.25, -0.2) is 4.98 Å². The van der Waals surface area contributed by atoms with Crippen LogP contribution in [0.15, 0.2) is 35.2 Å². The van der Waals surface area contributed by atoms with E-state index in [1.807, 2.05) is 29.6 Å². The maximum Gasteiger partial charge on any atom is 0.307 e. The van der Waals surface area contributed by atoms with Gasteiger partial charge in [0.15, 0.2) is 0 Å². The fourth-order valence-electron chi connectivity index (χ4n) is 1.97. The minimum Gasteiger partial charge on any atom is -0.496 e. The molecule has 1 aromatic carbocycles. The van der Waals surface area contributed by atoms with Crippen LogP contribution in [0.4, 0.5) is 0 Å². The first kappa shape index (κ1) is 13.5. The van der Waals surface area contributed by atoms with Gasteiger partial charge in [-0.05, 0) is 18.1 Å². The number of rotatable bonds is 6. The van der Waals surface area contributed by atoms with Gasteiger partial charge in [-0.1, -0.05) is 18.2 Å². The maximum atomic E-state index is 11.4. The summed E-state index contributed by atoms with van der Waals surface area (Å²) in [5, 5.41) is 11.2. The van der Waals surface area contributed by atoms with Crippen molar-refractivity contribution in [3.05, 3.63) is 46.4 Å². The van der Waals surface area contributed by atoms with E-state index in [2.05, 4.69) is 4.98 Å². The quantitative estimate of drug-likeness (QED) is 0.881. The summed E-state index contributed by atoms with van der Waals surface area (Å²) in [6.07, 6.45) is 0.883. The molecule has 0 aliphatic rings. The standard InChI is InChI=1S/C14H15NO3S/c1-18-13-5-3-2-4-10(13)6-11(14(16)17)7-12-8-19-9-15-12/h2-5,8-9,11H,6-7H2,1H3,(H,16,17). The summed E-state index contributed by atoms with van der Waals surface area (Å²) in [5.41, 5.74) is 3.46. The number of benzene rings is 1. The molecular formula is C14H15NO3S. The fraction of sp³-hybridized carbons (Fsp3) is 0.286. The lowest BCUT2D eigenvalue weighted by Gasteiger charge is -2.13. The summed E-state index contributed by atoms with van der Waals surface area (Å²) < 4.78 is 5.25. The molecule has 100 valence electrons. The predicted octanol–water partition coefficient (Wildman–Crippen LogP) is 2.64. The van der Waals surface area contributed by atoms with Crippen molar-refractivity contribution in [1.82, 2.24) is 4.98 Å². The van der Waals surface area contributed by atoms with E-state index >= 15 is 0 Å². The van der Waals surface area contributed by atoms with Crippen molar-refractivity contribution in [2.24, 2.45) is 5.92 Å². The zero-order valence-electron chi connectivity index (χ0n) is 10.6. The Morgan fingerprint density at radius 3 is 2.84 bits per heavy atom. The van der Waals surface area contributed by atoms with Gasteiger partial charge in [0, 0.05) is 11.8 Å². The van der Waals surface area contributed by atoms with E-state index in [1.165, 1.54) is 11.3 Å². The number of thiazole rings is 1. The number of para-hydroxylation sites is 1. The molecule has 1 aromatic heterocycles. The highest BCUT2D eigenvalue weighted by atomic mass is 32.1. The second kappa shape index (κ2) is 6.33. The molecule has 1 unspecified atom stereocenters. The molecule has 0 spiro atoms. The van der Waals surface area contributed by atoms with Crippen LogP contribution in [-0.4, -0.2) is 23.2 Å². The lowest BCUT2D eigenvalue weighted by atomic mass is 9.94. The highest BCUT2D eigenvalue weighted by Crippen LogP contribution is 2.23. The first-order valence-electron chi connectivity index (χ1n) is 5.92. The molecule has 0 saturated heterocycles. The van der Waals surface area contributed by atoms with E-state index in [0.717, 1.165) is 17.0 Å². The van der Waals surface area contributed by atoms with Crippen LogP contribution in [0, 0.1) is 5.92 Å². The molecule has 5 heteroatoms. The molecule has 4 nitrogen and oxygen atoms in total. The zero-order valence-corrected chi connectivity index (χ0v) is 11.4. The van der Waals surface area contributed by atoms with Crippen LogP contribution in [0.3, 0.4) is 0 Å². The van der Waals surface area contributed by atoms with Crippen molar-refractivity contribution in [2.45, 2.75) is 12.8 Å². The van der Waals surface area contributed by atoms with Crippen molar-refractivity contribution in [2.75, 3.05) is 7.11 Å². The van der Waals surface area contributed by atoms with Crippen LogP contribution in [0.5, 0.6) is 5.75 Å². The summed E-state index contributed by atoms with van der Waals surface area (Å²) in [7, 11) is 1.59. The number of ether oxygens (including phenoxy) is 1. The van der Waals surface area contributed by atoms with Crippen LogP contribution in [0.1, 0.15) is 11.3 Å². The highest BCUT2D eigenvalue weighted by molar-refractivity contribution is 7.07. The summed E-state index contributed by atoms with van der Waals surface area (Å²) in [6.45, 7) is 0. The average molecular weight is 277 g/mol. The molecule has 0 amide bonds. The van der Waals surface area contributed by atoms with Crippen molar-refractivity contribution in [1.29, 1.82) is 0 Å². The van der Waals surface area contributed by atoms with Crippen molar-refractivity contribution in [3.63, 3.8) is 0 Å². The van der Waals surface area contributed by atoms with Crippen LogP contribution >= 0.6 is 11.3 Å². The Labute approximate surface area is 115 Å². The topological polar surface area (TPSA) is 59.4 Å². The molecular weight excluding hydrogens is 262 g/mol. The van der Waals surface area contributed by atoms with E-state index in [4.69, 9.17) is 4.74 Å². The van der Waals surface area contributed by atoms with Crippen LogP contribution in [0.2, 0.25) is 0 Å². The van der Waals surface area contributed by atoms with Gasteiger partial charge in [0.2, 0.25) is 0 Å². The first-order chi connectivity index (χ1) is 9.20. The molecule has 1 atom stereocenters. The SMILES string of the molecule is COc1ccccc1CC(Cc1cscn1)C(=O)O. The van der Waals surface area contributed by atoms with E-state index < -0.39 is 11.9 Å². The maximum absolute atomic E-state index is 11.4. The lowest BCUT2D eigenvalue weighted by molar-refractivity contribution is -0.141. The van der Waals surface area contributed by atoms with Gasteiger partial charge in [0.05, 0.1) is 24.2 Å². The summed E-state index contributed by atoms with van der Waals surface area (Å²) in [5.74, 6) is -0.565. The van der Waals surface area contributed by atoms with Gasteiger partial charge in [0.1, 0.15) is 5.75 Å². The number of aromatic nitrogens is 1. The third kappa shape index (κ3) is 3.54. The Balaban J connectivity index is 2.14. The minimum atomic E-state index is -0.807. The normalized spacial score (nSPS) is 12.1. The number of aliphatic carboxylic acids is 1. The fourth-order valence-corrected chi connectivity index (χ4v) is 2.55. The molecule has 0 radical (unpaired) electrons. The first-order valence-corrected chi connectivity index (χ1v) is 6.86. The Morgan fingerprint density at radius 1 is 1.42 bits per heavy atom. The molecule has 2 aromatic rings. The van der Waals surface area contributed by atoms with E-state index in [0.29, 0.717) is 12.8 Å². The zero-order chi connectivity index (χ0) is 13.7. The molecule has 1 N–H and O–H groups in total. The number of methoxy groups -OCH3 is 1. The highest BCUT2D eigenvalue weighted by Gasteiger charge is 2.21. The van der Waals surface area contributed by atoms with Gasteiger partial charge in [-0.2, -0.15) is 0 Å². The molecule has 0 fully saturated rings. The number of carboxylic acid groups (broad SMARTS) is 1. The van der Waals surface area contributed by atoms with Gasteiger partial charge >= 0.3 is 5.97 Å². The minimum absolute atomic E-state index is 0.441. The molecule has 0 aliphatic heterocycles. The largest absolute Gasteiger partial charge is 0.496 e. The van der Waals surface area contributed by atoms with Crippen LogP contribution < -0.4 is 4.74 Å². The Hall–Kier alpha value is -1.88. The molecule has 0 aliphatic carbocycles.